The van der Waals surface area contributed by atoms with Crippen molar-refractivity contribution in [3.63, 3.8) is 0 Å². The molecule has 0 amide bonds. The van der Waals surface area contributed by atoms with Crippen LogP contribution in [0.5, 0.6) is 5.75 Å². The van der Waals surface area contributed by atoms with Gasteiger partial charge < -0.3 is 15.3 Å². The topological polar surface area (TPSA) is 60.7 Å². The lowest BCUT2D eigenvalue weighted by molar-refractivity contribution is 0.264. The van der Waals surface area contributed by atoms with Crippen molar-refractivity contribution in [1.82, 2.24) is 0 Å². The standard InChI is InChI=1S/C15H16O3/c1-10-2-4-11(5-3-10)13-7-6-12(8-16)15(18)14(13)9-17/h2-7,16-18H,8-9H2,1H3. The molecule has 0 radical (unpaired) electrons. The van der Waals surface area contributed by atoms with Crippen LogP contribution in [0.1, 0.15) is 16.7 Å². The zero-order valence-electron chi connectivity index (χ0n) is 10.2. The van der Waals surface area contributed by atoms with Gasteiger partial charge in [-0.25, -0.2) is 0 Å². The third-order valence-electron chi connectivity index (χ3n) is 3.06. The molecule has 3 nitrogen and oxygen atoms in total. The van der Waals surface area contributed by atoms with Gasteiger partial charge in [0.2, 0.25) is 0 Å². The molecule has 0 fully saturated rings. The summed E-state index contributed by atoms with van der Waals surface area (Å²) in [7, 11) is 0. The Morgan fingerprint density at radius 1 is 0.889 bits per heavy atom. The molecule has 0 bridgehead atoms. The average molecular weight is 244 g/mol. The summed E-state index contributed by atoms with van der Waals surface area (Å²) in [5.41, 5.74) is 3.75. The first kappa shape index (κ1) is 12.6. The van der Waals surface area contributed by atoms with E-state index in [1.165, 1.54) is 0 Å². The molecule has 0 atom stereocenters. The lowest BCUT2D eigenvalue weighted by Gasteiger charge is -2.12. The van der Waals surface area contributed by atoms with Crippen LogP contribution in [-0.2, 0) is 13.2 Å². The first-order chi connectivity index (χ1) is 8.67. The smallest absolute Gasteiger partial charge is 0.127 e. The van der Waals surface area contributed by atoms with Crippen LogP contribution in [0.25, 0.3) is 11.1 Å². The number of aryl methyl sites for hydroxylation is 1. The Morgan fingerprint density at radius 3 is 2.11 bits per heavy atom. The van der Waals surface area contributed by atoms with E-state index in [4.69, 9.17) is 5.11 Å². The van der Waals surface area contributed by atoms with Crippen molar-refractivity contribution in [1.29, 1.82) is 0 Å². The van der Waals surface area contributed by atoms with Crippen molar-refractivity contribution < 1.29 is 15.3 Å². The Kier molecular flexibility index (Phi) is 3.65. The summed E-state index contributed by atoms with van der Waals surface area (Å²) >= 11 is 0. The van der Waals surface area contributed by atoms with E-state index in [-0.39, 0.29) is 19.0 Å². The van der Waals surface area contributed by atoms with Crippen molar-refractivity contribution in [3.8, 4) is 16.9 Å². The lowest BCUT2D eigenvalue weighted by Crippen LogP contribution is -1.95. The Balaban J connectivity index is 2.57. The minimum atomic E-state index is -0.261. The first-order valence-electron chi connectivity index (χ1n) is 5.80. The van der Waals surface area contributed by atoms with Gasteiger partial charge in [-0.1, -0.05) is 42.0 Å². The fourth-order valence-corrected chi connectivity index (χ4v) is 1.98. The zero-order valence-corrected chi connectivity index (χ0v) is 10.2. The van der Waals surface area contributed by atoms with Crippen LogP contribution < -0.4 is 0 Å². The van der Waals surface area contributed by atoms with Crippen LogP contribution in [0.15, 0.2) is 36.4 Å². The monoisotopic (exact) mass is 244 g/mol. The summed E-state index contributed by atoms with van der Waals surface area (Å²) in [4.78, 5) is 0. The van der Waals surface area contributed by atoms with Gasteiger partial charge in [0, 0.05) is 11.1 Å². The Bertz CT molecular complexity index is 544. The molecule has 2 aromatic carbocycles. The van der Waals surface area contributed by atoms with Crippen LogP contribution in [0, 0.1) is 6.92 Å². The normalized spacial score (nSPS) is 10.6. The molecule has 2 rings (SSSR count). The summed E-state index contributed by atoms with van der Waals surface area (Å²) in [6, 6.07) is 11.3. The third kappa shape index (κ3) is 2.23. The van der Waals surface area contributed by atoms with E-state index in [2.05, 4.69) is 0 Å². The van der Waals surface area contributed by atoms with Crippen LogP contribution in [0.4, 0.5) is 0 Å². The summed E-state index contributed by atoms with van der Waals surface area (Å²) in [6.07, 6.45) is 0. The predicted octanol–water partition coefficient (Wildman–Crippen LogP) is 2.35. The van der Waals surface area contributed by atoms with Gasteiger partial charge in [0.05, 0.1) is 13.2 Å². The lowest BCUT2D eigenvalue weighted by atomic mass is 9.96. The number of benzene rings is 2. The second-order valence-electron chi connectivity index (χ2n) is 4.28. The first-order valence-corrected chi connectivity index (χ1v) is 5.80. The van der Waals surface area contributed by atoms with Crippen molar-refractivity contribution in [2.24, 2.45) is 0 Å². The van der Waals surface area contributed by atoms with Gasteiger partial charge in [-0.2, -0.15) is 0 Å². The fourth-order valence-electron chi connectivity index (χ4n) is 1.98. The molecule has 0 aliphatic rings. The SMILES string of the molecule is Cc1ccc(-c2ccc(CO)c(O)c2CO)cc1. The molecular weight excluding hydrogens is 228 g/mol. The molecule has 0 saturated carbocycles. The molecule has 0 spiro atoms. The molecule has 0 saturated heterocycles. The number of phenols is 1. The van der Waals surface area contributed by atoms with E-state index in [1.54, 1.807) is 6.07 Å². The Hall–Kier alpha value is -1.84. The molecule has 3 heteroatoms. The van der Waals surface area contributed by atoms with Gasteiger partial charge in [-0.05, 0) is 18.1 Å². The van der Waals surface area contributed by atoms with Crippen molar-refractivity contribution >= 4 is 0 Å². The second kappa shape index (κ2) is 5.21. The molecule has 18 heavy (non-hydrogen) atoms. The van der Waals surface area contributed by atoms with Crippen LogP contribution in [0.2, 0.25) is 0 Å². The third-order valence-corrected chi connectivity index (χ3v) is 3.06. The van der Waals surface area contributed by atoms with Gasteiger partial charge in [0.1, 0.15) is 5.75 Å². The maximum Gasteiger partial charge on any atom is 0.127 e. The maximum absolute atomic E-state index is 9.97. The highest BCUT2D eigenvalue weighted by Gasteiger charge is 2.12. The van der Waals surface area contributed by atoms with E-state index in [9.17, 15) is 10.2 Å². The highest BCUT2D eigenvalue weighted by Crippen LogP contribution is 2.33. The molecule has 0 aromatic heterocycles. The van der Waals surface area contributed by atoms with E-state index in [0.29, 0.717) is 11.1 Å². The van der Waals surface area contributed by atoms with Gasteiger partial charge in [-0.15, -0.1) is 0 Å². The largest absolute Gasteiger partial charge is 0.507 e. The summed E-state index contributed by atoms with van der Waals surface area (Å²) in [5, 5.41) is 28.5. The maximum atomic E-state index is 9.97. The zero-order chi connectivity index (χ0) is 13.1. The van der Waals surface area contributed by atoms with E-state index >= 15 is 0 Å². The number of aliphatic hydroxyl groups excluding tert-OH is 2. The van der Waals surface area contributed by atoms with E-state index in [0.717, 1.165) is 16.7 Å². The molecule has 0 aliphatic heterocycles. The molecular formula is C15H16O3. The molecule has 3 N–H and O–H groups in total. The summed E-state index contributed by atoms with van der Waals surface area (Å²) < 4.78 is 0. The Labute approximate surface area is 106 Å². The molecule has 0 unspecified atom stereocenters. The number of hydrogen-bond donors (Lipinski definition) is 3. The minimum Gasteiger partial charge on any atom is -0.507 e. The molecule has 0 heterocycles. The van der Waals surface area contributed by atoms with Gasteiger partial charge >= 0.3 is 0 Å². The molecule has 2 aromatic rings. The quantitative estimate of drug-likeness (QED) is 0.776. The fraction of sp³-hybridized carbons (Fsp3) is 0.200. The predicted molar refractivity (Wildman–Crippen MR) is 70.1 cm³/mol. The van der Waals surface area contributed by atoms with Gasteiger partial charge in [0.15, 0.2) is 0 Å². The van der Waals surface area contributed by atoms with Crippen molar-refractivity contribution in [2.75, 3.05) is 0 Å². The number of aliphatic hydroxyl groups is 2. The number of aromatic hydroxyl groups is 1. The molecule has 94 valence electrons. The highest BCUT2D eigenvalue weighted by atomic mass is 16.3. The number of rotatable bonds is 3. The second-order valence-corrected chi connectivity index (χ2v) is 4.28. The van der Waals surface area contributed by atoms with E-state index in [1.807, 2.05) is 37.3 Å². The summed E-state index contributed by atoms with van der Waals surface area (Å²) in [6.45, 7) is 1.50. The number of hydrogen-bond acceptors (Lipinski definition) is 3. The van der Waals surface area contributed by atoms with Crippen molar-refractivity contribution in [2.45, 2.75) is 20.1 Å². The van der Waals surface area contributed by atoms with Crippen LogP contribution in [-0.4, -0.2) is 15.3 Å². The van der Waals surface area contributed by atoms with Crippen LogP contribution in [0.3, 0.4) is 0 Å². The van der Waals surface area contributed by atoms with Crippen molar-refractivity contribution in [3.05, 3.63) is 53.1 Å². The summed E-state index contributed by atoms with van der Waals surface area (Å²) in [5.74, 6) is -0.0296. The highest BCUT2D eigenvalue weighted by molar-refractivity contribution is 5.71. The Morgan fingerprint density at radius 2 is 1.56 bits per heavy atom. The van der Waals surface area contributed by atoms with Crippen LogP contribution >= 0.6 is 0 Å². The minimum absolute atomic E-state index is 0.0296. The van der Waals surface area contributed by atoms with Gasteiger partial charge in [0.25, 0.3) is 0 Å². The van der Waals surface area contributed by atoms with Gasteiger partial charge in [-0.3, -0.25) is 0 Å². The van der Waals surface area contributed by atoms with E-state index < -0.39 is 0 Å². The average Bonchev–Trinajstić information content (AvgIpc) is 2.39. The molecule has 0 aliphatic carbocycles.